The fourth-order valence-corrected chi connectivity index (χ4v) is 0.453. The first-order chi connectivity index (χ1) is 3.81. The molecule has 0 aromatic rings. The summed E-state index contributed by atoms with van der Waals surface area (Å²) in [6.07, 6.45) is 0. The third-order valence-corrected chi connectivity index (χ3v) is 0.963. The average molecular weight is 156 g/mol. The van der Waals surface area contributed by atoms with Crippen molar-refractivity contribution < 1.29 is 14.9 Å². The Morgan fingerprint density at radius 2 is 1.40 bits per heavy atom. The minimum absolute atomic E-state index is 0. The summed E-state index contributed by atoms with van der Waals surface area (Å²) >= 11 is 0. The third-order valence-electron chi connectivity index (χ3n) is 0.963. The molecule has 0 unspecified atom stereocenters. The highest BCUT2D eigenvalue weighted by Gasteiger charge is 1.91. The first kappa shape index (κ1) is 16.4. The number of likely N-dealkylation sites (N-methyl/N-ethyl adjacent to an activating group) is 1. The Bertz CT molecular complexity index is 50.9. The molecule has 0 aliphatic carbocycles. The molecule has 5 heteroatoms. The van der Waals surface area contributed by atoms with E-state index in [-0.39, 0.29) is 24.1 Å². The van der Waals surface area contributed by atoms with Crippen LogP contribution in [0.3, 0.4) is 0 Å². The maximum Gasteiger partial charge on any atom is 0.0558 e. The molecule has 0 radical (unpaired) electrons. The van der Waals surface area contributed by atoms with Crippen LogP contribution in [0.4, 0.5) is 4.70 Å². The van der Waals surface area contributed by atoms with Crippen molar-refractivity contribution >= 4 is 0 Å². The fourth-order valence-electron chi connectivity index (χ4n) is 0.453. The van der Waals surface area contributed by atoms with E-state index in [2.05, 4.69) is 0 Å². The van der Waals surface area contributed by atoms with Gasteiger partial charge in [0.2, 0.25) is 0 Å². The Morgan fingerprint density at radius 1 is 1.10 bits per heavy atom. The zero-order chi connectivity index (χ0) is 6.41. The van der Waals surface area contributed by atoms with Gasteiger partial charge in [0.25, 0.3) is 0 Å². The summed E-state index contributed by atoms with van der Waals surface area (Å²) in [6, 6.07) is 0. The summed E-state index contributed by atoms with van der Waals surface area (Å²) in [7, 11) is 1.85. The number of nitrogens with zero attached hydrogens (tertiary/aromatic N) is 1. The summed E-state index contributed by atoms with van der Waals surface area (Å²) in [6.45, 7) is 1.61. The third kappa shape index (κ3) is 10.7. The van der Waals surface area contributed by atoms with Gasteiger partial charge in [-0.15, -0.1) is 0 Å². The number of rotatable bonds is 4. The van der Waals surface area contributed by atoms with Crippen LogP contribution in [-0.4, -0.2) is 48.5 Å². The molecule has 0 saturated heterocycles. The second-order valence-electron chi connectivity index (χ2n) is 1.75. The normalized spacial score (nSPS) is 8.40. The van der Waals surface area contributed by atoms with Crippen molar-refractivity contribution in [3.63, 3.8) is 0 Å². The molecule has 0 aliphatic rings. The average Bonchev–Trinajstić information content (AvgIpc) is 1.68. The van der Waals surface area contributed by atoms with Crippen LogP contribution in [0.25, 0.3) is 0 Å². The van der Waals surface area contributed by atoms with Crippen molar-refractivity contribution in [1.82, 2.24) is 11.1 Å². The standard InChI is InChI=1S/C5H13NO2.FH.H3N/c1-6(2-4-7)3-5-8;;/h7-8H,2-5H2,1H3;1H;1H3. The van der Waals surface area contributed by atoms with Crippen LogP contribution in [0.1, 0.15) is 0 Å². The highest BCUT2D eigenvalue weighted by atomic mass is 19.0. The molecular weight excluding hydrogens is 139 g/mol. The van der Waals surface area contributed by atoms with E-state index in [0.717, 1.165) is 0 Å². The van der Waals surface area contributed by atoms with Gasteiger partial charge in [-0.05, 0) is 7.05 Å². The summed E-state index contributed by atoms with van der Waals surface area (Å²) in [4.78, 5) is 1.86. The molecule has 0 rings (SSSR count). The van der Waals surface area contributed by atoms with Crippen molar-refractivity contribution in [1.29, 1.82) is 0 Å². The number of halogens is 1. The SMILES string of the molecule is CN(CCO)CCO.F.N. The predicted molar refractivity (Wildman–Crippen MR) is 39.2 cm³/mol. The van der Waals surface area contributed by atoms with Gasteiger partial charge in [0.05, 0.1) is 13.2 Å². The van der Waals surface area contributed by atoms with E-state index in [1.54, 1.807) is 0 Å². The Morgan fingerprint density at radius 3 is 1.60 bits per heavy atom. The van der Waals surface area contributed by atoms with Gasteiger partial charge in [-0.1, -0.05) is 0 Å². The lowest BCUT2D eigenvalue weighted by atomic mass is 10.5. The van der Waals surface area contributed by atoms with Crippen LogP contribution in [0.2, 0.25) is 0 Å². The lowest BCUT2D eigenvalue weighted by molar-refractivity contribution is 0.184. The summed E-state index contributed by atoms with van der Waals surface area (Å²) in [5.74, 6) is 0. The molecule has 10 heavy (non-hydrogen) atoms. The maximum atomic E-state index is 8.34. The van der Waals surface area contributed by atoms with Crippen LogP contribution >= 0.6 is 0 Å². The minimum atomic E-state index is 0. The van der Waals surface area contributed by atoms with Crippen LogP contribution in [-0.2, 0) is 0 Å². The van der Waals surface area contributed by atoms with Gasteiger partial charge in [-0.3, -0.25) is 4.70 Å². The number of hydrogen-bond acceptors (Lipinski definition) is 4. The molecule has 0 heterocycles. The Labute approximate surface area is 60.4 Å². The molecule has 0 aromatic heterocycles. The molecule has 0 fully saturated rings. The van der Waals surface area contributed by atoms with Gasteiger partial charge >= 0.3 is 0 Å². The van der Waals surface area contributed by atoms with Gasteiger partial charge in [0.1, 0.15) is 0 Å². The first-order valence-electron chi connectivity index (χ1n) is 2.71. The van der Waals surface area contributed by atoms with Gasteiger partial charge in [0, 0.05) is 13.1 Å². The number of aliphatic hydroxyl groups excluding tert-OH is 2. The van der Waals surface area contributed by atoms with Crippen molar-refractivity contribution in [2.24, 2.45) is 0 Å². The zero-order valence-corrected chi connectivity index (χ0v) is 6.29. The summed E-state index contributed by atoms with van der Waals surface area (Å²) in [5, 5.41) is 16.7. The van der Waals surface area contributed by atoms with E-state index in [0.29, 0.717) is 13.1 Å². The zero-order valence-electron chi connectivity index (χ0n) is 6.29. The van der Waals surface area contributed by atoms with Crippen LogP contribution in [0.15, 0.2) is 0 Å². The molecule has 0 bridgehead atoms. The van der Waals surface area contributed by atoms with E-state index >= 15 is 0 Å². The van der Waals surface area contributed by atoms with E-state index in [1.807, 2.05) is 11.9 Å². The molecule has 0 aromatic carbocycles. The molecule has 0 atom stereocenters. The van der Waals surface area contributed by atoms with Crippen LogP contribution in [0, 0.1) is 0 Å². The first-order valence-corrected chi connectivity index (χ1v) is 2.71. The lowest BCUT2D eigenvalue weighted by Crippen LogP contribution is -2.25. The number of aliphatic hydroxyl groups is 2. The molecule has 0 aliphatic heterocycles. The topological polar surface area (TPSA) is 78.7 Å². The predicted octanol–water partition coefficient (Wildman–Crippen LogP) is -0.783. The maximum absolute atomic E-state index is 8.34. The van der Waals surface area contributed by atoms with Crippen molar-refractivity contribution in [2.75, 3.05) is 33.4 Å². The minimum Gasteiger partial charge on any atom is -0.395 e. The fraction of sp³-hybridized carbons (Fsp3) is 1.00. The molecule has 0 spiro atoms. The Balaban J connectivity index is -0.000000245. The molecular formula is C5H17FN2O2. The smallest absolute Gasteiger partial charge is 0.0558 e. The second kappa shape index (κ2) is 11.6. The second-order valence-corrected chi connectivity index (χ2v) is 1.75. The largest absolute Gasteiger partial charge is 0.395 e. The molecule has 5 N–H and O–H groups in total. The van der Waals surface area contributed by atoms with Gasteiger partial charge in [-0.25, -0.2) is 0 Å². The molecule has 4 nitrogen and oxygen atoms in total. The highest BCUT2D eigenvalue weighted by molar-refractivity contribution is 4.45. The van der Waals surface area contributed by atoms with Crippen LogP contribution in [0.5, 0.6) is 0 Å². The van der Waals surface area contributed by atoms with Gasteiger partial charge < -0.3 is 21.3 Å². The van der Waals surface area contributed by atoms with E-state index in [9.17, 15) is 0 Å². The Kier molecular flexibility index (Phi) is 18.9. The molecule has 0 amide bonds. The lowest BCUT2D eigenvalue weighted by Gasteiger charge is -2.11. The Hall–Kier alpha value is -0.230. The van der Waals surface area contributed by atoms with E-state index in [1.165, 1.54) is 0 Å². The summed E-state index contributed by atoms with van der Waals surface area (Å²) in [5.41, 5.74) is 0. The van der Waals surface area contributed by atoms with Crippen molar-refractivity contribution in [2.45, 2.75) is 0 Å². The molecule has 0 saturated carbocycles. The molecule has 66 valence electrons. The van der Waals surface area contributed by atoms with Crippen molar-refractivity contribution in [3.8, 4) is 0 Å². The van der Waals surface area contributed by atoms with Gasteiger partial charge in [0.15, 0.2) is 0 Å². The monoisotopic (exact) mass is 156 g/mol. The number of hydrogen-bond donors (Lipinski definition) is 3. The quantitative estimate of drug-likeness (QED) is 0.499. The van der Waals surface area contributed by atoms with Gasteiger partial charge in [-0.2, -0.15) is 0 Å². The highest BCUT2D eigenvalue weighted by Crippen LogP contribution is 1.76. The van der Waals surface area contributed by atoms with E-state index in [4.69, 9.17) is 10.2 Å². The van der Waals surface area contributed by atoms with E-state index < -0.39 is 0 Å². The van der Waals surface area contributed by atoms with Crippen LogP contribution < -0.4 is 6.15 Å². The summed E-state index contributed by atoms with van der Waals surface area (Å²) < 4.78 is 0. The van der Waals surface area contributed by atoms with Crippen molar-refractivity contribution in [3.05, 3.63) is 0 Å².